The highest BCUT2D eigenvalue weighted by Crippen LogP contribution is 2.38. The summed E-state index contributed by atoms with van der Waals surface area (Å²) >= 11 is 1.59. The Balaban J connectivity index is 1.19. The monoisotopic (exact) mass is 414 g/mol. The van der Waals surface area contributed by atoms with Gasteiger partial charge in [-0.3, -0.25) is 19.5 Å². The number of amidine groups is 1. The van der Waals surface area contributed by atoms with Crippen LogP contribution in [0.3, 0.4) is 0 Å². The van der Waals surface area contributed by atoms with Crippen molar-refractivity contribution >= 4 is 28.7 Å². The van der Waals surface area contributed by atoms with Crippen LogP contribution >= 0.6 is 11.8 Å². The first-order valence-corrected chi connectivity index (χ1v) is 11.0. The zero-order chi connectivity index (χ0) is 19.8. The Morgan fingerprint density at radius 1 is 1.31 bits per heavy atom. The van der Waals surface area contributed by atoms with Crippen molar-refractivity contribution < 1.29 is 18.5 Å². The molecule has 3 aliphatic rings. The van der Waals surface area contributed by atoms with E-state index >= 15 is 0 Å². The van der Waals surface area contributed by atoms with Gasteiger partial charge in [0.15, 0.2) is 10.9 Å². The van der Waals surface area contributed by atoms with Crippen molar-refractivity contribution in [2.75, 3.05) is 5.75 Å². The molecule has 2 aromatic rings. The molecule has 0 bridgehead atoms. The molecule has 0 aromatic carbocycles. The third-order valence-corrected chi connectivity index (χ3v) is 6.86. The molecule has 2 aliphatic heterocycles. The average Bonchev–Trinajstić information content (AvgIpc) is 3.48. The van der Waals surface area contributed by atoms with Gasteiger partial charge < -0.3 is 14.3 Å². The van der Waals surface area contributed by atoms with Gasteiger partial charge >= 0.3 is 0 Å². The molecule has 2 fully saturated rings. The minimum Gasteiger partial charge on any atom is -0.461 e. The predicted molar refractivity (Wildman–Crippen MR) is 107 cm³/mol. The van der Waals surface area contributed by atoms with E-state index in [0.29, 0.717) is 23.0 Å². The summed E-state index contributed by atoms with van der Waals surface area (Å²) in [5.41, 5.74) is 0.617. The van der Waals surface area contributed by atoms with Gasteiger partial charge in [-0.05, 0) is 25.0 Å². The van der Waals surface area contributed by atoms with E-state index in [1.807, 2.05) is 0 Å². The summed E-state index contributed by atoms with van der Waals surface area (Å²) in [4.78, 5) is 32.1. The van der Waals surface area contributed by atoms with Crippen LogP contribution in [0, 0.1) is 5.92 Å². The van der Waals surface area contributed by atoms with Crippen LogP contribution in [0.5, 0.6) is 0 Å². The molecule has 1 saturated heterocycles. The molecule has 2 amide bonds. The number of nitrogens with zero attached hydrogens (tertiary/aromatic N) is 3. The zero-order valence-corrected chi connectivity index (χ0v) is 16.7. The maximum absolute atomic E-state index is 13.0. The Morgan fingerprint density at radius 3 is 3.07 bits per heavy atom. The second-order valence-electron chi connectivity index (χ2n) is 7.68. The summed E-state index contributed by atoms with van der Waals surface area (Å²) in [6, 6.07) is 5.30. The van der Waals surface area contributed by atoms with Crippen molar-refractivity contribution in [3.63, 3.8) is 0 Å². The number of carbonyl (C=O) groups is 2. The third-order valence-electron chi connectivity index (χ3n) is 5.75. The van der Waals surface area contributed by atoms with Crippen LogP contribution in [-0.4, -0.2) is 44.9 Å². The van der Waals surface area contributed by atoms with Crippen LogP contribution in [0.2, 0.25) is 0 Å². The van der Waals surface area contributed by atoms with Crippen LogP contribution in [0.25, 0.3) is 11.5 Å². The first kappa shape index (κ1) is 18.5. The first-order chi connectivity index (χ1) is 14.2. The molecule has 0 radical (unpaired) electrons. The van der Waals surface area contributed by atoms with E-state index < -0.39 is 0 Å². The van der Waals surface area contributed by atoms with Crippen LogP contribution < -0.4 is 5.32 Å². The molecule has 1 aliphatic carbocycles. The molecule has 29 heavy (non-hydrogen) atoms. The lowest BCUT2D eigenvalue weighted by molar-refractivity contribution is -0.135. The fourth-order valence-electron chi connectivity index (χ4n) is 4.27. The fourth-order valence-corrected chi connectivity index (χ4v) is 5.47. The molecule has 5 rings (SSSR count). The third kappa shape index (κ3) is 3.59. The Kier molecular flexibility index (Phi) is 4.91. The number of amides is 2. The molecular weight excluding hydrogens is 392 g/mol. The van der Waals surface area contributed by atoms with Gasteiger partial charge in [0.25, 0.3) is 0 Å². The molecule has 1 saturated carbocycles. The highest BCUT2D eigenvalue weighted by Gasteiger charge is 2.45. The largest absolute Gasteiger partial charge is 0.461 e. The molecule has 4 heterocycles. The number of hydrogen-bond acceptors (Lipinski definition) is 7. The van der Waals surface area contributed by atoms with Crippen molar-refractivity contribution in [2.45, 2.75) is 50.7 Å². The molecule has 9 heteroatoms. The van der Waals surface area contributed by atoms with Crippen LogP contribution in [0.4, 0.5) is 0 Å². The number of nitrogens with one attached hydrogen (secondary N) is 1. The molecule has 3 atom stereocenters. The van der Waals surface area contributed by atoms with Crippen molar-refractivity contribution in [1.29, 1.82) is 0 Å². The number of fused-ring (bicyclic) bond motifs is 2. The topological polar surface area (TPSA) is 101 Å². The normalized spacial score (nSPS) is 26.1. The second-order valence-corrected chi connectivity index (χ2v) is 8.67. The van der Waals surface area contributed by atoms with E-state index in [9.17, 15) is 9.59 Å². The van der Waals surface area contributed by atoms with Gasteiger partial charge in [0.2, 0.25) is 17.6 Å². The average molecular weight is 414 g/mol. The Bertz CT molecular complexity index is 938. The first-order valence-electron chi connectivity index (χ1n) is 9.99. The standard InChI is InChI=1S/C20H22N4O4S/c25-18(21-10-12-8-17(28-23-12)16-6-3-7-27-16)9-13-11-29-20-22-15-5-2-1-4-14(15)19(26)24(13)20/h3,6-8,13-15H,1-2,4-5,9-11H2,(H,21,25)/t13-,14-,15+/m0/s1. The molecule has 152 valence electrons. The number of aromatic nitrogens is 1. The van der Waals surface area contributed by atoms with E-state index in [4.69, 9.17) is 13.9 Å². The summed E-state index contributed by atoms with van der Waals surface area (Å²) in [6.45, 7) is 0.266. The van der Waals surface area contributed by atoms with E-state index in [0.717, 1.165) is 30.9 Å². The van der Waals surface area contributed by atoms with E-state index in [1.54, 1.807) is 41.1 Å². The van der Waals surface area contributed by atoms with Crippen molar-refractivity contribution in [3.8, 4) is 11.5 Å². The van der Waals surface area contributed by atoms with E-state index in [1.165, 1.54) is 0 Å². The van der Waals surface area contributed by atoms with E-state index in [-0.39, 0.29) is 42.8 Å². The number of thioether (sulfide) groups is 1. The zero-order valence-electron chi connectivity index (χ0n) is 15.9. The minimum atomic E-state index is -0.134. The SMILES string of the molecule is O=C(C[C@H]1CSC2=N[C@@H]3CCCC[C@@H]3C(=O)N21)NCc1cc(-c2ccco2)on1. The number of furan rings is 1. The highest BCUT2D eigenvalue weighted by atomic mass is 32.2. The van der Waals surface area contributed by atoms with Crippen LogP contribution in [0.15, 0.2) is 38.4 Å². The Labute approximate surface area is 172 Å². The molecule has 1 N–H and O–H groups in total. The van der Waals surface area contributed by atoms with Crippen molar-refractivity contribution in [2.24, 2.45) is 10.9 Å². The molecule has 2 aromatic heterocycles. The number of rotatable bonds is 5. The molecular formula is C20H22N4O4S. The lowest BCUT2D eigenvalue weighted by Gasteiger charge is -2.37. The Morgan fingerprint density at radius 2 is 2.21 bits per heavy atom. The Hall–Kier alpha value is -2.55. The van der Waals surface area contributed by atoms with Gasteiger partial charge in [0.05, 0.1) is 30.8 Å². The van der Waals surface area contributed by atoms with Crippen molar-refractivity contribution in [3.05, 3.63) is 30.2 Å². The van der Waals surface area contributed by atoms with Gasteiger partial charge in [-0.15, -0.1) is 0 Å². The maximum atomic E-state index is 13.0. The van der Waals surface area contributed by atoms with Gasteiger partial charge in [-0.2, -0.15) is 0 Å². The minimum absolute atomic E-state index is 0.00749. The summed E-state index contributed by atoms with van der Waals surface area (Å²) in [7, 11) is 0. The number of aliphatic imine (C=N–C) groups is 1. The summed E-state index contributed by atoms with van der Waals surface area (Å²) < 4.78 is 10.5. The van der Waals surface area contributed by atoms with Gasteiger partial charge in [-0.1, -0.05) is 29.8 Å². The molecule has 0 unspecified atom stereocenters. The maximum Gasteiger partial charge on any atom is 0.234 e. The van der Waals surface area contributed by atoms with E-state index in [2.05, 4.69) is 10.5 Å². The molecule has 0 spiro atoms. The highest BCUT2D eigenvalue weighted by molar-refractivity contribution is 8.14. The number of carbonyl (C=O) groups excluding carboxylic acids is 2. The van der Waals surface area contributed by atoms with Crippen LogP contribution in [-0.2, 0) is 16.1 Å². The fraction of sp³-hybridized carbons (Fsp3) is 0.500. The second kappa shape index (κ2) is 7.70. The number of hydrogen-bond donors (Lipinski definition) is 1. The summed E-state index contributed by atoms with van der Waals surface area (Å²) in [5.74, 6) is 1.86. The lowest BCUT2D eigenvalue weighted by Crippen LogP contribution is -2.51. The van der Waals surface area contributed by atoms with Crippen LogP contribution in [0.1, 0.15) is 37.8 Å². The molecule has 8 nitrogen and oxygen atoms in total. The predicted octanol–water partition coefficient (Wildman–Crippen LogP) is 2.81. The van der Waals surface area contributed by atoms with Gasteiger partial charge in [0, 0.05) is 18.2 Å². The summed E-state index contributed by atoms with van der Waals surface area (Å²) in [5, 5.41) is 7.63. The summed E-state index contributed by atoms with van der Waals surface area (Å²) in [6.07, 6.45) is 5.96. The quantitative estimate of drug-likeness (QED) is 0.807. The lowest BCUT2D eigenvalue weighted by atomic mass is 9.83. The smallest absolute Gasteiger partial charge is 0.234 e. The van der Waals surface area contributed by atoms with Gasteiger partial charge in [-0.25, -0.2) is 0 Å². The van der Waals surface area contributed by atoms with Gasteiger partial charge in [0.1, 0.15) is 5.69 Å². The van der Waals surface area contributed by atoms with Crippen molar-refractivity contribution in [1.82, 2.24) is 15.4 Å².